The highest BCUT2D eigenvalue weighted by Crippen LogP contribution is 2.14. The van der Waals surface area contributed by atoms with Gasteiger partial charge in [-0.25, -0.2) is 0 Å². The van der Waals surface area contributed by atoms with Gasteiger partial charge in [-0.3, -0.25) is 9.59 Å². The van der Waals surface area contributed by atoms with Crippen LogP contribution in [0, 0.1) is 6.92 Å². The number of likely N-dealkylation sites (N-methyl/N-ethyl adjacent to an activating group) is 1. The largest absolute Gasteiger partial charge is 0.481 e. The second-order valence-electron chi connectivity index (χ2n) is 4.63. The molecule has 1 amide bonds. The number of aliphatic carboxylic acids is 1. The number of rotatable bonds is 7. The Hall–Kier alpha value is -2.04. The van der Waals surface area contributed by atoms with E-state index in [0.717, 1.165) is 5.56 Å². The van der Waals surface area contributed by atoms with Gasteiger partial charge >= 0.3 is 5.97 Å². The number of carbonyl (C=O) groups excluding carboxylic acids is 1. The molecule has 0 aliphatic rings. The van der Waals surface area contributed by atoms with Crippen molar-refractivity contribution in [3.8, 4) is 5.75 Å². The zero-order chi connectivity index (χ0) is 15.1. The molecule has 0 aromatic heterocycles. The quantitative estimate of drug-likeness (QED) is 0.830. The highest BCUT2D eigenvalue weighted by Gasteiger charge is 2.21. The third-order valence-electron chi connectivity index (χ3n) is 2.97. The molecule has 5 heteroatoms. The van der Waals surface area contributed by atoms with Gasteiger partial charge in [-0.05, 0) is 32.9 Å². The van der Waals surface area contributed by atoms with Gasteiger partial charge in [0.25, 0.3) is 5.91 Å². The first-order chi connectivity index (χ1) is 9.43. The Kier molecular flexibility index (Phi) is 6.03. The number of ether oxygens (including phenoxy) is 1. The lowest BCUT2D eigenvalue weighted by Gasteiger charge is -2.24. The van der Waals surface area contributed by atoms with Gasteiger partial charge in [0.2, 0.25) is 0 Å². The molecule has 0 saturated heterocycles. The van der Waals surface area contributed by atoms with Crippen LogP contribution in [0.1, 0.15) is 25.8 Å². The van der Waals surface area contributed by atoms with Crippen LogP contribution in [0.5, 0.6) is 5.75 Å². The fraction of sp³-hybridized carbons (Fsp3) is 0.467. The van der Waals surface area contributed by atoms with Crippen molar-refractivity contribution in [1.82, 2.24) is 4.90 Å². The number of benzene rings is 1. The van der Waals surface area contributed by atoms with Gasteiger partial charge < -0.3 is 14.7 Å². The number of carbonyl (C=O) groups is 2. The van der Waals surface area contributed by atoms with Gasteiger partial charge in [0, 0.05) is 13.1 Å². The summed E-state index contributed by atoms with van der Waals surface area (Å²) in [7, 11) is 0. The van der Waals surface area contributed by atoms with Crippen LogP contribution in [0.2, 0.25) is 0 Å². The van der Waals surface area contributed by atoms with E-state index in [1.165, 1.54) is 4.90 Å². The van der Waals surface area contributed by atoms with Crippen molar-refractivity contribution >= 4 is 11.9 Å². The molecule has 5 nitrogen and oxygen atoms in total. The molecule has 0 fully saturated rings. The van der Waals surface area contributed by atoms with Gasteiger partial charge in [-0.2, -0.15) is 0 Å². The minimum absolute atomic E-state index is 0.0587. The molecule has 0 heterocycles. The number of hydrogen-bond donors (Lipinski definition) is 1. The Balaban J connectivity index is 2.59. The lowest BCUT2D eigenvalue weighted by Crippen LogP contribution is -2.41. The molecule has 1 aromatic carbocycles. The summed E-state index contributed by atoms with van der Waals surface area (Å²) in [6.45, 7) is 6.13. The van der Waals surface area contributed by atoms with Crippen molar-refractivity contribution in [3.63, 3.8) is 0 Å². The highest BCUT2D eigenvalue weighted by molar-refractivity contribution is 5.81. The summed E-state index contributed by atoms with van der Waals surface area (Å²) in [6.07, 6.45) is -0.692. The van der Waals surface area contributed by atoms with Gasteiger partial charge in [-0.1, -0.05) is 17.7 Å². The molecular weight excluding hydrogens is 258 g/mol. The standard InChI is InChI=1S/C15H21NO4/c1-4-16(10-9-14(17)18)15(19)12(3)20-13-7-5-11(2)6-8-13/h5-8,12H,4,9-10H2,1-3H3,(H,17,18). The van der Waals surface area contributed by atoms with Crippen molar-refractivity contribution in [2.75, 3.05) is 13.1 Å². The predicted octanol–water partition coefficient (Wildman–Crippen LogP) is 2.09. The first kappa shape index (κ1) is 16.0. The molecule has 0 saturated carbocycles. The molecule has 1 N–H and O–H groups in total. The van der Waals surface area contributed by atoms with E-state index in [4.69, 9.17) is 9.84 Å². The third-order valence-corrected chi connectivity index (χ3v) is 2.97. The zero-order valence-electron chi connectivity index (χ0n) is 12.1. The molecule has 0 spiro atoms. The molecule has 0 bridgehead atoms. The van der Waals surface area contributed by atoms with Gasteiger partial charge in [0.05, 0.1) is 6.42 Å². The lowest BCUT2D eigenvalue weighted by atomic mass is 10.2. The Bertz CT molecular complexity index is 455. The first-order valence-electron chi connectivity index (χ1n) is 6.68. The second kappa shape index (κ2) is 7.53. The molecule has 1 rings (SSSR count). The highest BCUT2D eigenvalue weighted by atomic mass is 16.5. The SMILES string of the molecule is CCN(CCC(=O)O)C(=O)C(C)Oc1ccc(C)cc1. The van der Waals surface area contributed by atoms with Crippen LogP contribution in [0.25, 0.3) is 0 Å². The summed E-state index contributed by atoms with van der Waals surface area (Å²) in [5.41, 5.74) is 1.12. The number of carboxylic acids is 1. The fourth-order valence-corrected chi connectivity index (χ4v) is 1.78. The molecule has 1 atom stereocenters. The van der Waals surface area contributed by atoms with Crippen LogP contribution in [-0.4, -0.2) is 41.1 Å². The monoisotopic (exact) mass is 279 g/mol. The van der Waals surface area contributed by atoms with E-state index in [1.54, 1.807) is 6.92 Å². The molecule has 20 heavy (non-hydrogen) atoms. The molecule has 0 aliphatic heterocycles. The van der Waals surface area contributed by atoms with Crippen molar-refractivity contribution in [2.45, 2.75) is 33.3 Å². The van der Waals surface area contributed by atoms with E-state index in [-0.39, 0.29) is 18.9 Å². The van der Waals surface area contributed by atoms with E-state index in [2.05, 4.69) is 0 Å². The predicted molar refractivity (Wildman–Crippen MR) is 75.8 cm³/mol. The van der Waals surface area contributed by atoms with Crippen molar-refractivity contribution in [2.24, 2.45) is 0 Å². The average molecular weight is 279 g/mol. The van der Waals surface area contributed by atoms with Crippen LogP contribution in [0.4, 0.5) is 0 Å². The third kappa shape index (κ3) is 4.91. The summed E-state index contributed by atoms with van der Waals surface area (Å²) < 4.78 is 5.58. The van der Waals surface area contributed by atoms with Gasteiger partial charge in [0.1, 0.15) is 5.75 Å². The molecule has 110 valence electrons. The maximum absolute atomic E-state index is 12.2. The Morgan fingerprint density at radius 1 is 1.30 bits per heavy atom. The van der Waals surface area contributed by atoms with Crippen LogP contribution in [0.15, 0.2) is 24.3 Å². The van der Waals surface area contributed by atoms with Crippen molar-refractivity contribution in [1.29, 1.82) is 0 Å². The molecule has 1 unspecified atom stereocenters. The second-order valence-corrected chi connectivity index (χ2v) is 4.63. The molecular formula is C15H21NO4. The maximum Gasteiger partial charge on any atom is 0.305 e. The van der Waals surface area contributed by atoms with Crippen LogP contribution in [0.3, 0.4) is 0 Å². The Morgan fingerprint density at radius 3 is 2.40 bits per heavy atom. The normalized spacial score (nSPS) is 11.8. The lowest BCUT2D eigenvalue weighted by molar-refractivity contribution is -0.140. The first-order valence-corrected chi connectivity index (χ1v) is 6.68. The number of carboxylic acid groups (broad SMARTS) is 1. The summed E-state index contributed by atoms with van der Waals surface area (Å²) in [5, 5.41) is 8.67. The van der Waals surface area contributed by atoms with Crippen molar-refractivity contribution < 1.29 is 19.4 Å². The van der Waals surface area contributed by atoms with E-state index in [0.29, 0.717) is 12.3 Å². The van der Waals surface area contributed by atoms with Crippen LogP contribution < -0.4 is 4.74 Å². The smallest absolute Gasteiger partial charge is 0.305 e. The van der Waals surface area contributed by atoms with E-state index < -0.39 is 12.1 Å². The Labute approximate surface area is 119 Å². The van der Waals surface area contributed by atoms with Crippen LogP contribution >= 0.6 is 0 Å². The van der Waals surface area contributed by atoms with Gasteiger partial charge in [-0.15, -0.1) is 0 Å². The number of hydrogen-bond acceptors (Lipinski definition) is 3. The molecule has 0 aliphatic carbocycles. The van der Waals surface area contributed by atoms with Gasteiger partial charge in [0.15, 0.2) is 6.10 Å². The zero-order valence-corrected chi connectivity index (χ0v) is 12.1. The fourth-order valence-electron chi connectivity index (χ4n) is 1.78. The number of amides is 1. The minimum Gasteiger partial charge on any atom is -0.481 e. The summed E-state index contributed by atoms with van der Waals surface area (Å²) in [5.74, 6) is -0.483. The number of nitrogens with zero attached hydrogens (tertiary/aromatic N) is 1. The van der Waals surface area contributed by atoms with E-state index >= 15 is 0 Å². The summed E-state index contributed by atoms with van der Waals surface area (Å²) in [4.78, 5) is 24.2. The Morgan fingerprint density at radius 2 is 1.90 bits per heavy atom. The van der Waals surface area contributed by atoms with Crippen LogP contribution in [-0.2, 0) is 9.59 Å². The topological polar surface area (TPSA) is 66.8 Å². The number of aryl methyl sites for hydroxylation is 1. The minimum atomic E-state index is -0.914. The van der Waals surface area contributed by atoms with E-state index in [1.807, 2.05) is 38.1 Å². The summed E-state index contributed by atoms with van der Waals surface area (Å²) in [6, 6.07) is 7.45. The van der Waals surface area contributed by atoms with Crippen molar-refractivity contribution in [3.05, 3.63) is 29.8 Å². The molecule has 0 radical (unpaired) electrons. The summed E-state index contributed by atoms with van der Waals surface area (Å²) >= 11 is 0. The molecule has 1 aromatic rings. The van der Waals surface area contributed by atoms with E-state index in [9.17, 15) is 9.59 Å². The average Bonchev–Trinajstić information content (AvgIpc) is 2.41. The maximum atomic E-state index is 12.2.